The summed E-state index contributed by atoms with van der Waals surface area (Å²) in [6, 6.07) is 19.3. The van der Waals surface area contributed by atoms with Crippen molar-refractivity contribution in [3.05, 3.63) is 72.1 Å². The first kappa shape index (κ1) is 16.0. The molecular weight excluding hydrogens is 320 g/mol. The van der Waals surface area contributed by atoms with E-state index in [0.29, 0.717) is 11.0 Å². The highest BCUT2D eigenvalue weighted by atomic mass is 32.2. The molecule has 0 bridgehead atoms. The minimum absolute atomic E-state index is 0.0858. The highest BCUT2D eigenvalue weighted by molar-refractivity contribution is 7.99. The number of carbonyl (C=O) groups excluding carboxylic acids is 1. The number of benzene rings is 2. The van der Waals surface area contributed by atoms with Gasteiger partial charge in [0.15, 0.2) is 0 Å². The number of carbonyl (C=O) groups is 1. The fourth-order valence-corrected chi connectivity index (χ4v) is 2.59. The second kappa shape index (κ2) is 8.12. The molecule has 6 heteroatoms. The predicted molar refractivity (Wildman–Crippen MR) is 97.5 cm³/mol. The molecule has 0 saturated heterocycles. The van der Waals surface area contributed by atoms with Gasteiger partial charge in [0.05, 0.1) is 5.75 Å². The van der Waals surface area contributed by atoms with E-state index in [1.165, 1.54) is 11.8 Å². The van der Waals surface area contributed by atoms with Crippen LogP contribution in [-0.2, 0) is 4.79 Å². The highest BCUT2D eigenvalue weighted by Crippen LogP contribution is 2.14. The summed E-state index contributed by atoms with van der Waals surface area (Å²) >= 11 is 1.29. The summed E-state index contributed by atoms with van der Waals surface area (Å²) in [5.41, 5.74) is 1.87. The Morgan fingerprint density at radius 3 is 2.50 bits per heavy atom. The minimum atomic E-state index is -0.0858. The largest absolute Gasteiger partial charge is 0.325 e. The van der Waals surface area contributed by atoms with E-state index in [2.05, 4.69) is 20.5 Å². The molecule has 0 aliphatic rings. The highest BCUT2D eigenvalue weighted by Gasteiger charge is 2.07. The van der Waals surface area contributed by atoms with E-state index in [4.69, 9.17) is 0 Å². The molecule has 0 aliphatic carbocycles. The van der Waals surface area contributed by atoms with Crippen LogP contribution in [0.4, 0.5) is 5.69 Å². The van der Waals surface area contributed by atoms with Gasteiger partial charge in [0, 0.05) is 5.69 Å². The Bertz CT molecular complexity index is 815. The Morgan fingerprint density at radius 2 is 1.75 bits per heavy atom. The lowest BCUT2D eigenvalue weighted by Gasteiger charge is -2.02. The number of aromatic amines is 1. The second-order valence-corrected chi connectivity index (χ2v) is 5.89. The third-order valence-corrected chi connectivity index (χ3v) is 3.95. The van der Waals surface area contributed by atoms with Gasteiger partial charge in [-0.2, -0.15) is 0 Å². The Morgan fingerprint density at radius 1 is 1.04 bits per heavy atom. The Balaban J connectivity index is 1.51. The molecule has 24 heavy (non-hydrogen) atoms. The first-order chi connectivity index (χ1) is 11.8. The van der Waals surface area contributed by atoms with Gasteiger partial charge < -0.3 is 5.32 Å². The van der Waals surface area contributed by atoms with Crippen LogP contribution in [0.1, 0.15) is 11.4 Å². The van der Waals surface area contributed by atoms with Crippen molar-refractivity contribution in [1.82, 2.24) is 15.2 Å². The van der Waals surface area contributed by atoms with Crippen LogP contribution in [0.5, 0.6) is 0 Å². The molecule has 3 rings (SSSR count). The summed E-state index contributed by atoms with van der Waals surface area (Å²) in [6.45, 7) is 0. The number of para-hydroxylation sites is 1. The number of nitrogens with one attached hydrogen (secondary N) is 2. The number of nitrogens with zero attached hydrogens (tertiary/aromatic N) is 2. The molecule has 0 unspecified atom stereocenters. The molecule has 120 valence electrons. The van der Waals surface area contributed by atoms with Crippen molar-refractivity contribution in [1.29, 1.82) is 0 Å². The molecule has 5 nitrogen and oxygen atoms in total. The lowest BCUT2D eigenvalue weighted by Crippen LogP contribution is -2.13. The van der Waals surface area contributed by atoms with Crippen LogP contribution in [-0.4, -0.2) is 26.8 Å². The number of hydrogen-bond donors (Lipinski definition) is 2. The summed E-state index contributed by atoms with van der Waals surface area (Å²) in [7, 11) is 0. The van der Waals surface area contributed by atoms with Crippen molar-refractivity contribution < 1.29 is 4.79 Å². The smallest absolute Gasteiger partial charge is 0.234 e. The van der Waals surface area contributed by atoms with Gasteiger partial charge in [-0.1, -0.05) is 66.4 Å². The zero-order chi connectivity index (χ0) is 16.6. The maximum Gasteiger partial charge on any atom is 0.234 e. The van der Waals surface area contributed by atoms with Gasteiger partial charge in [-0.3, -0.25) is 9.89 Å². The van der Waals surface area contributed by atoms with Crippen molar-refractivity contribution in [3.8, 4) is 0 Å². The number of aromatic nitrogens is 3. The minimum Gasteiger partial charge on any atom is -0.325 e. The first-order valence-electron chi connectivity index (χ1n) is 7.43. The number of amides is 1. The maximum atomic E-state index is 11.9. The van der Waals surface area contributed by atoms with Gasteiger partial charge in [-0.15, -0.1) is 5.10 Å². The fraction of sp³-hybridized carbons (Fsp3) is 0.0556. The van der Waals surface area contributed by atoms with Crippen LogP contribution < -0.4 is 5.32 Å². The van der Waals surface area contributed by atoms with Crippen LogP contribution in [0.2, 0.25) is 0 Å². The zero-order valence-electron chi connectivity index (χ0n) is 12.8. The average Bonchev–Trinajstić information content (AvgIpc) is 3.08. The topological polar surface area (TPSA) is 70.7 Å². The molecule has 0 saturated carbocycles. The molecule has 3 aromatic rings. The number of thioether (sulfide) groups is 1. The summed E-state index contributed by atoms with van der Waals surface area (Å²) in [5.74, 6) is 0.830. The molecule has 0 spiro atoms. The van der Waals surface area contributed by atoms with E-state index in [1.54, 1.807) is 0 Å². The summed E-state index contributed by atoms with van der Waals surface area (Å²) < 4.78 is 0. The Labute approximate surface area is 144 Å². The zero-order valence-corrected chi connectivity index (χ0v) is 13.7. The van der Waals surface area contributed by atoms with Crippen LogP contribution in [0.15, 0.2) is 65.8 Å². The van der Waals surface area contributed by atoms with Crippen molar-refractivity contribution >= 4 is 35.5 Å². The van der Waals surface area contributed by atoms with Crippen LogP contribution >= 0.6 is 11.8 Å². The van der Waals surface area contributed by atoms with Gasteiger partial charge in [0.25, 0.3) is 0 Å². The van der Waals surface area contributed by atoms with E-state index in [-0.39, 0.29) is 11.7 Å². The number of anilines is 1. The molecule has 1 amide bonds. The molecule has 0 fully saturated rings. The summed E-state index contributed by atoms with van der Waals surface area (Å²) in [4.78, 5) is 16.2. The van der Waals surface area contributed by atoms with Crippen LogP contribution in [0.3, 0.4) is 0 Å². The van der Waals surface area contributed by atoms with Gasteiger partial charge >= 0.3 is 0 Å². The first-order valence-corrected chi connectivity index (χ1v) is 8.41. The molecule has 2 aromatic carbocycles. The summed E-state index contributed by atoms with van der Waals surface area (Å²) in [6.07, 6.45) is 3.81. The normalized spacial score (nSPS) is 10.8. The number of H-pyrrole nitrogens is 1. The Hall–Kier alpha value is -2.86. The molecule has 2 N–H and O–H groups in total. The van der Waals surface area contributed by atoms with Crippen LogP contribution in [0, 0.1) is 0 Å². The number of rotatable bonds is 6. The lowest BCUT2D eigenvalue weighted by molar-refractivity contribution is -0.113. The molecule has 1 aromatic heterocycles. The Kier molecular flexibility index (Phi) is 5.42. The molecule has 0 aliphatic heterocycles. The van der Waals surface area contributed by atoms with Crippen molar-refractivity contribution in [2.75, 3.05) is 11.1 Å². The molecular formula is C18H16N4OS. The van der Waals surface area contributed by atoms with E-state index < -0.39 is 0 Å². The van der Waals surface area contributed by atoms with Gasteiger partial charge in [-0.25, -0.2) is 4.98 Å². The standard InChI is InChI=1S/C18H16N4OS/c23-17(19-15-9-5-2-6-10-15)13-24-18-20-16(21-22-18)12-11-14-7-3-1-4-8-14/h1-12H,13H2,(H,19,23)(H,20,21,22)/b12-11+. The third-order valence-electron chi connectivity index (χ3n) is 3.11. The van der Waals surface area contributed by atoms with Crippen molar-refractivity contribution in [2.24, 2.45) is 0 Å². The predicted octanol–water partition coefficient (Wildman–Crippen LogP) is 3.71. The van der Waals surface area contributed by atoms with Gasteiger partial charge in [0.1, 0.15) is 5.82 Å². The van der Waals surface area contributed by atoms with Crippen molar-refractivity contribution in [2.45, 2.75) is 5.16 Å². The van der Waals surface area contributed by atoms with Gasteiger partial charge in [0.2, 0.25) is 11.1 Å². The van der Waals surface area contributed by atoms with E-state index in [9.17, 15) is 4.79 Å². The van der Waals surface area contributed by atoms with E-state index in [1.807, 2.05) is 72.8 Å². The van der Waals surface area contributed by atoms with E-state index >= 15 is 0 Å². The third kappa shape index (κ3) is 4.82. The molecule has 0 radical (unpaired) electrons. The quantitative estimate of drug-likeness (QED) is 0.673. The average molecular weight is 336 g/mol. The van der Waals surface area contributed by atoms with Gasteiger partial charge in [-0.05, 0) is 23.8 Å². The SMILES string of the molecule is O=C(CSc1n[nH]c(/C=C/c2ccccc2)n1)Nc1ccccc1. The van der Waals surface area contributed by atoms with Crippen LogP contribution in [0.25, 0.3) is 12.2 Å². The number of hydrogen-bond acceptors (Lipinski definition) is 4. The lowest BCUT2D eigenvalue weighted by atomic mass is 10.2. The van der Waals surface area contributed by atoms with Crippen molar-refractivity contribution in [3.63, 3.8) is 0 Å². The summed E-state index contributed by atoms with van der Waals surface area (Å²) in [5, 5.41) is 10.3. The second-order valence-electron chi connectivity index (χ2n) is 4.95. The fourth-order valence-electron chi connectivity index (χ4n) is 1.99. The monoisotopic (exact) mass is 336 g/mol. The molecule has 0 atom stereocenters. The maximum absolute atomic E-state index is 11.9. The molecule has 1 heterocycles. The van der Waals surface area contributed by atoms with E-state index in [0.717, 1.165) is 11.3 Å².